The quantitative estimate of drug-likeness (QED) is 0.785. The van der Waals surface area contributed by atoms with Crippen LogP contribution in [0.2, 0.25) is 0 Å². The number of piperidine rings is 1. The molecule has 2 fully saturated rings. The van der Waals surface area contributed by atoms with Gasteiger partial charge in [-0.25, -0.2) is 18.7 Å². The molecule has 0 aliphatic carbocycles. The Kier molecular flexibility index (Phi) is 6.72. The molecule has 0 saturated carbocycles. The number of benzene rings is 1. The van der Waals surface area contributed by atoms with Gasteiger partial charge in [0, 0.05) is 44.3 Å². The van der Waals surface area contributed by atoms with Gasteiger partial charge in [-0.15, -0.1) is 0 Å². The first-order valence-electron chi connectivity index (χ1n) is 10.6. The van der Waals surface area contributed by atoms with Gasteiger partial charge in [-0.3, -0.25) is 9.69 Å². The van der Waals surface area contributed by atoms with Crippen molar-refractivity contribution in [2.45, 2.75) is 32.4 Å². The zero-order chi connectivity index (χ0) is 21.8. The van der Waals surface area contributed by atoms with Crippen molar-refractivity contribution in [2.75, 3.05) is 44.7 Å². The van der Waals surface area contributed by atoms with Crippen molar-refractivity contribution >= 4 is 11.7 Å². The maximum Gasteiger partial charge on any atom is 0.272 e. The second-order valence-electron chi connectivity index (χ2n) is 7.97. The average molecular weight is 431 g/mol. The van der Waals surface area contributed by atoms with Crippen molar-refractivity contribution in [3.05, 3.63) is 53.0 Å². The number of aromatic nitrogens is 2. The van der Waals surface area contributed by atoms with Gasteiger partial charge in [-0.1, -0.05) is 6.07 Å². The van der Waals surface area contributed by atoms with Crippen LogP contribution < -0.4 is 5.32 Å². The van der Waals surface area contributed by atoms with Gasteiger partial charge in [0.2, 0.25) is 0 Å². The number of amides is 1. The van der Waals surface area contributed by atoms with Crippen LogP contribution in [0.3, 0.4) is 0 Å². The average Bonchev–Trinajstić information content (AvgIpc) is 2.81. The highest BCUT2D eigenvalue weighted by Crippen LogP contribution is 2.22. The summed E-state index contributed by atoms with van der Waals surface area (Å²) in [5.74, 6) is -1.37. The molecule has 1 N–H and O–H groups in total. The predicted molar refractivity (Wildman–Crippen MR) is 112 cm³/mol. The second-order valence-corrected chi connectivity index (χ2v) is 7.97. The van der Waals surface area contributed by atoms with Crippen LogP contribution in [0, 0.1) is 18.6 Å². The fraction of sp³-hybridized carbons (Fsp3) is 0.500. The molecule has 0 spiro atoms. The molecule has 4 rings (SSSR count). The summed E-state index contributed by atoms with van der Waals surface area (Å²) in [4.78, 5) is 25.8. The number of likely N-dealkylation sites (tertiary alicyclic amines) is 1. The minimum atomic E-state index is -0.893. The van der Waals surface area contributed by atoms with Crippen LogP contribution in [0.4, 0.5) is 14.6 Å². The van der Waals surface area contributed by atoms with Crippen molar-refractivity contribution in [1.82, 2.24) is 19.8 Å². The number of anilines is 1. The number of nitrogens with one attached hydrogen (secondary N) is 1. The maximum absolute atomic E-state index is 13.4. The van der Waals surface area contributed by atoms with Crippen LogP contribution in [-0.2, 0) is 11.3 Å². The van der Waals surface area contributed by atoms with Crippen LogP contribution in [0.15, 0.2) is 24.5 Å². The first-order valence-corrected chi connectivity index (χ1v) is 10.6. The fourth-order valence-electron chi connectivity index (χ4n) is 4.21. The predicted octanol–water partition coefficient (Wildman–Crippen LogP) is 2.61. The monoisotopic (exact) mass is 431 g/mol. The number of carbonyl (C=O) groups is 1. The zero-order valence-electron chi connectivity index (χ0n) is 17.6. The molecule has 1 aromatic carbocycles. The van der Waals surface area contributed by atoms with E-state index >= 15 is 0 Å². The van der Waals surface area contributed by atoms with Crippen molar-refractivity contribution in [1.29, 1.82) is 0 Å². The SMILES string of the molecule is Cc1c(NCc2ccc(F)c(F)c2)ncnc1C(=O)N1CCC(N2CCOCC2)CC1. The molecule has 1 aromatic heterocycles. The lowest BCUT2D eigenvalue weighted by molar-refractivity contribution is 0.00152. The van der Waals surface area contributed by atoms with Crippen molar-refractivity contribution in [2.24, 2.45) is 0 Å². The second kappa shape index (κ2) is 9.65. The van der Waals surface area contributed by atoms with E-state index in [2.05, 4.69) is 20.2 Å². The number of morpholine rings is 1. The Morgan fingerprint density at radius 3 is 2.58 bits per heavy atom. The summed E-state index contributed by atoms with van der Waals surface area (Å²) in [7, 11) is 0. The molecular weight excluding hydrogens is 404 g/mol. The summed E-state index contributed by atoms with van der Waals surface area (Å²) in [5, 5.41) is 3.09. The molecule has 9 heteroatoms. The van der Waals surface area contributed by atoms with E-state index in [1.54, 1.807) is 6.92 Å². The number of nitrogens with zero attached hydrogens (tertiary/aromatic N) is 4. The summed E-state index contributed by atoms with van der Waals surface area (Å²) < 4.78 is 32.0. The lowest BCUT2D eigenvalue weighted by Crippen LogP contribution is -2.50. The van der Waals surface area contributed by atoms with Crippen molar-refractivity contribution in [3.63, 3.8) is 0 Å². The molecule has 0 bridgehead atoms. The van der Waals surface area contributed by atoms with Crippen LogP contribution in [-0.4, -0.2) is 71.1 Å². The number of ether oxygens (including phenoxy) is 1. The van der Waals surface area contributed by atoms with E-state index in [4.69, 9.17) is 4.74 Å². The Morgan fingerprint density at radius 2 is 1.87 bits per heavy atom. The van der Waals surface area contributed by atoms with E-state index in [1.165, 1.54) is 12.4 Å². The summed E-state index contributed by atoms with van der Waals surface area (Å²) in [6.07, 6.45) is 3.24. The van der Waals surface area contributed by atoms with E-state index in [1.807, 2.05) is 4.90 Å². The highest BCUT2D eigenvalue weighted by atomic mass is 19.2. The highest BCUT2D eigenvalue weighted by molar-refractivity contribution is 5.94. The van der Waals surface area contributed by atoms with Gasteiger partial charge in [0.05, 0.1) is 13.2 Å². The van der Waals surface area contributed by atoms with Gasteiger partial charge < -0.3 is 15.0 Å². The van der Waals surface area contributed by atoms with Crippen LogP contribution in [0.5, 0.6) is 0 Å². The minimum Gasteiger partial charge on any atom is -0.379 e. The van der Waals surface area contributed by atoms with Gasteiger partial charge in [0.15, 0.2) is 11.6 Å². The van der Waals surface area contributed by atoms with E-state index < -0.39 is 11.6 Å². The van der Waals surface area contributed by atoms with E-state index in [0.29, 0.717) is 41.8 Å². The van der Waals surface area contributed by atoms with Gasteiger partial charge >= 0.3 is 0 Å². The van der Waals surface area contributed by atoms with Crippen LogP contribution in [0.25, 0.3) is 0 Å². The van der Waals surface area contributed by atoms with Crippen LogP contribution in [0.1, 0.15) is 34.5 Å². The lowest BCUT2D eigenvalue weighted by Gasteiger charge is -2.40. The minimum absolute atomic E-state index is 0.101. The van der Waals surface area contributed by atoms with Crippen molar-refractivity contribution in [3.8, 4) is 0 Å². The van der Waals surface area contributed by atoms with Gasteiger partial charge in [0.1, 0.15) is 17.8 Å². The van der Waals surface area contributed by atoms with E-state index in [0.717, 1.165) is 51.3 Å². The Labute approximate surface area is 180 Å². The Balaban J connectivity index is 1.38. The molecule has 0 radical (unpaired) electrons. The molecule has 166 valence electrons. The lowest BCUT2D eigenvalue weighted by atomic mass is 10.0. The normalized spacial score (nSPS) is 18.2. The number of hydrogen-bond acceptors (Lipinski definition) is 6. The topological polar surface area (TPSA) is 70.6 Å². The first kappa shape index (κ1) is 21.6. The molecule has 2 aliphatic heterocycles. The Hall–Kier alpha value is -2.65. The molecule has 0 unspecified atom stereocenters. The zero-order valence-corrected chi connectivity index (χ0v) is 17.6. The van der Waals surface area contributed by atoms with Crippen LogP contribution >= 0.6 is 0 Å². The molecule has 7 nitrogen and oxygen atoms in total. The standard InChI is InChI=1S/C22H27F2N5O2/c1-15-20(22(30)29-6-4-17(5-7-29)28-8-10-31-11-9-28)26-14-27-21(15)25-13-16-2-3-18(23)19(24)12-16/h2-3,12,14,17H,4-11,13H2,1H3,(H,25,26,27). The number of halogens is 2. The number of carbonyl (C=O) groups excluding carboxylic acids is 1. The maximum atomic E-state index is 13.4. The summed E-state index contributed by atoms with van der Waals surface area (Å²) >= 11 is 0. The molecule has 2 aromatic rings. The number of hydrogen-bond donors (Lipinski definition) is 1. The largest absolute Gasteiger partial charge is 0.379 e. The summed E-state index contributed by atoms with van der Waals surface area (Å²) in [6.45, 7) is 6.91. The Bertz CT molecular complexity index is 928. The molecule has 31 heavy (non-hydrogen) atoms. The third kappa shape index (κ3) is 4.99. The Morgan fingerprint density at radius 1 is 1.13 bits per heavy atom. The molecule has 2 saturated heterocycles. The molecule has 2 aliphatic rings. The van der Waals surface area contributed by atoms with Gasteiger partial charge in [-0.05, 0) is 37.5 Å². The third-order valence-corrected chi connectivity index (χ3v) is 6.04. The van der Waals surface area contributed by atoms with E-state index in [9.17, 15) is 13.6 Å². The highest BCUT2D eigenvalue weighted by Gasteiger charge is 2.29. The van der Waals surface area contributed by atoms with E-state index in [-0.39, 0.29) is 12.5 Å². The molecule has 0 atom stereocenters. The van der Waals surface area contributed by atoms with Gasteiger partial charge in [-0.2, -0.15) is 0 Å². The van der Waals surface area contributed by atoms with Gasteiger partial charge in [0.25, 0.3) is 5.91 Å². The number of rotatable bonds is 5. The third-order valence-electron chi connectivity index (χ3n) is 6.04. The molecule has 3 heterocycles. The smallest absolute Gasteiger partial charge is 0.272 e. The summed E-state index contributed by atoms with van der Waals surface area (Å²) in [6, 6.07) is 4.23. The summed E-state index contributed by atoms with van der Waals surface area (Å²) in [5.41, 5.74) is 1.59. The first-order chi connectivity index (χ1) is 15.0. The van der Waals surface area contributed by atoms with Crippen molar-refractivity contribution < 1.29 is 18.3 Å². The fourth-order valence-corrected chi connectivity index (χ4v) is 4.21. The molecule has 1 amide bonds. The molecular formula is C22H27F2N5O2.